The Bertz CT molecular complexity index is 1120. The second-order valence-corrected chi connectivity index (χ2v) is 10.9. The van der Waals surface area contributed by atoms with Crippen LogP contribution in [0.2, 0.25) is 5.02 Å². The molecule has 0 aromatic heterocycles. The third kappa shape index (κ3) is 7.47. The first-order valence-electron chi connectivity index (χ1n) is 10.7. The van der Waals surface area contributed by atoms with Gasteiger partial charge in [-0.15, -0.1) is 0 Å². The summed E-state index contributed by atoms with van der Waals surface area (Å²) in [7, 11) is -3.76. The van der Waals surface area contributed by atoms with Crippen LogP contribution < -0.4 is 9.62 Å². The Hall–Kier alpha value is -2.58. The third-order valence-corrected chi connectivity index (χ3v) is 6.50. The quantitative estimate of drug-likeness (QED) is 0.577. The number of amides is 2. The van der Waals surface area contributed by atoms with Crippen LogP contribution in [0.15, 0.2) is 42.5 Å². The number of hydrogen-bond donors (Lipinski definition) is 1. The monoisotopic (exact) mass is 493 g/mol. The van der Waals surface area contributed by atoms with Gasteiger partial charge in [0.1, 0.15) is 12.6 Å². The lowest BCUT2D eigenvalue weighted by atomic mass is 10.1. The summed E-state index contributed by atoms with van der Waals surface area (Å²) >= 11 is 6.10. The molecule has 7 nitrogen and oxygen atoms in total. The van der Waals surface area contributed by atoms with Gasteiger partial charge in [-0.1, -0.05) is 41.4 Å². The molecule has 0 aliphatic carbocycles. The van der Waals surface area contributed by atoms with Crippen LogP contribution in [0.5, 0.6) is 0 Å². The smallest absolute Gasteiger partial charge is 0.244 e. The number of anilines is 1. The molecule has 0 fully saturated rings. The number of aryl methyl sites for hydroxylation is 2. The van der Waals surface area contributed by atoms with Crippen LogP contribution in [-0.4, -0.2) is 50.0 Å². The number of halogens is 1. The van der Waals surface area contributed by atoms with Gasteiger partial charge in [0.25, 0.3) is 0 Å². The van der Waals surface area contributed by atoms with Crippen LogP contribution in [0.25, 0.3) is 0 Å². The summed E-state index contributed by atoms with van der Waals surface area (Å²) in [4.78, 5) is 27.6. The van der Waals surface area contributed by atoms with E-state index in [4.69, 9.17) is 11.6 Å². The van der Waals surface area contributed by atoms with Gasteiger partial charge < -0.3 is 10.2 Å². The molecule has 0 radical (unpaired) electrons. The number of hydrogen-bond acceptors (Lipinski definition) is 4. The predicted molar refractivity (Wildman–Crippen MR) is 133 cm³/mol. The molecule has 0 aliphatic rings. The van der Waals surface area contributed by atoms with Crippen LogP contribution in [0.4, 0.5) is 5.69 Å². The molecule has 2 rings (SSSR count). The highest BCUT2D eigenvalue weighted by molar-refractivity contribution is 7.92. The third-order valence-electron chi connectivity index (χ3n) is 5.14. The number of carbonyl (C=O) groups excluding carboxylic acids is 2. The molecule has 2 aromatic rings. The molecule has 33 heavy (non-hydrogen) atoms. The fourth-order valence-corrected chi connectivity index (χ4v) is 4.62. The predicted octanol–water partition coefficient (Wildman–Crippen LogP) is 3.66. The van der Waals surface area contributed by atoms with Crippen molar-refractivity contribution in [3.63, 3.8) is 0 Å². The van der Waals surface area contributed by atoms with E-state index < -0.39 is 28.5 Å². The van der Waals surface area contributed by atoms with E-state index in [1.165, 1.54) is 4.90 Å². The normalized spacial score (nSPS) is 12.4. The van der Waals surface area contributed by atoms with E-state index >= 15 is 0 Å². The topological polar surface area (TPSA) is 86.8 Å². The Kier molecular flexibility index (Phi) is 8.91. The highest BCUT2D eigenvalue weighted by Gasteiger charge is 2.30. The first-order valence-corrected chi connectivity index (χ1v) is 12.9. The Labute approximate surface area is 201 Å². The zero-order valence-corrected chi connectivity index (χ0v) is 21.5. The molecule has 2 amide bonds. The summed E-state index contributed by atoms with van der Waals surface area (Å²) in [5, 5.41) is 3.32. The Balaban J connectivity index is 2.42. The molecule has 0 heterocycles. The van der Waals surface area contributed by atoms with E-state index in [0.29, 0.717) is 10.7 Å². The highest BCUT2D eigenvalue weighted by Crippen LogP contribution is 2.24. The highest BCUT2D eigenvalue weighted by atomic mass is 35.5. The Morgan fingerprint density at radius 3 is 2.27 bits per heavy atom. The van der Waals surface area contributed by atoms with Crippen molar-refractivity contribution in [2.24, 2.45) is 0 Å². The van der Waals surface area contributed by atoms with Crippen LogP contribution >= 0.6 is 11.6 Å². The maximum absolute atomic E-state index is 13.5. The molecule has 0 spiro atoms. The number of carbonyl (C=O) groups is 2. The maximum atomic E-state index is 13.5. The lowest BCUT2D eigenvalue weighted by molar-refractivity contribution is -0.139. The van der Waals surface area contributed by atoms with Crippen LogP contribution in [0.1, 0.15) is 37.5 Å². The summed E-state index contributed by atoms with van der Waals surface area (Å²) < 4.78 is 26.4. The van der Waals surface area contributed by atoms with Gasteiger partial charge in [-0.2, -0.15) is 0 Å². The average molecular weight is 494 g/mol. The van der Waals surface area contributed by atoms with Crippen LogP contribution in [-0.2, 0) is 26.2 Å². The molecular formula is C24H32ClN3O4S. The van der Waals surface area contributed by atoms with Crippen LogP contribution in [0, 0.1) is 13.8 Å². The van der Waals surface area contributed by atoms with Crippen LogP contribution in [0.3, 0.4) is 0 Å². The zero-order chi connectivity index (χ0) is 24.9. The average Bonchev–Trinajstić information content (AvgIpc) is 2.69. The molecule has 1 atom stereocenters. The lowest BCUT2D eigenvalue weighted by Gasteiger charge is -2.32. The first-order chi connectivity index (χ1) is 15.3. The van der Waals surface area contributed by atoms with Crippen molar-refractivity contribution in [1.82, 2.24) is 10.2 Å². The van der Waals surface area contributed by atoms with Gasteiger partial charge in [-0.05, 0) is 63.9 Å². The minimum Gasteiger partial charge on any atom is -0.352 e. The summed E-state index contributed by atoms with van der Waals surface area (Å²) in [6.07, 6.45) is 1.07. The summed E-state index contributed by atoms with van der Waals surface area (Å²) in [6, 6.07) is 11.4. The molecule has 1 N–H and O–H groups in total. The van der Waals surface area contributed by atoms with Crippen molar-refractivity contribution in [2.75, 3.05) is 17.1 Å². The number of nitrogens with one attached hydrogen (secondary N) is 1. The number of rotatable bonds is 9. The number of nitrogens with zero attached hydrogens (tertiary/aromatic N) is 2. The van der Waals surface area contributed by atoms with Crippen molar-refractivity contribution < 1.29 is 18.0 Å². The van der Waals surface area contributed by atoms with Gasteiger partial charge in [0.2, 0.25) is 21.8 Å². The van der Waals surface area contributed by atoms with Crippen molar-refractivity contribution in [1.29, 1.82) is 0 Å². The minimum atomic E-state index is -3.76. The van der Waals surface area contributed by atoms with Gasteiger partial charge in [-0.25, -0.2) is 8.42 Å². The molecule has 0 aliphatic heterocycles. The van der Waals surface area contributed by atoms with E-state index in [-0.39, 0.29) is 18.5 Å². The molecule has 9 heteroatoms. The van der Waals surface area contributed by atoms with E-state index in [2.05, 4.69) is 5.32 Å². The second-order valence-electron chi connectivity index (χ2n) is 8.55. The standard InChI is InChI=1S/C24H32ClN3O4S/c1-16(2)26-24(30)19(5)27(14-20-8-7-9-21(25)13-20)23(29)15-28(33(6,31)32)22-11-10-17(3)12-18(22)4/h7-13,16,19H,14-15H2,1-6H3,(H,26,30). The number of benzene rings is 2. The fourth-order valence-electron chi connectivity index (χ4n) is 3.50. The summed E-state index contributed by atoms with van der Waals surface area (Å²) in [5.74, 6) is -0.815. The van der Waals surface area contributed by atoms with Gasteiger partial charge in [0, 0.05) is 17.6 Å². The Morgan fingerprint density at radius 1 is 1.06 bits per heavy atom. The van der Waals surface area contributed by atoms with Crippen molar-refractivity contribution in [3.8, 4) is 0 Å². The fraction of sp³-hybridized carbons (Fsp3) is 0.417. The molecule has 0 saturated carbocycles. The molecule has 1 unspecified atom stereocenters. The molecule has 0 bridgehead atoms. The van der Waals surface area contributed by atoms with Crippen molar-refractivity contribution in [3.05, 3.63) is 64.2 Å². The largest absolute Gasteiger partial charge is 0.352 e. The SMILES string of the molecule is Cc1ccc(N(CC(=O)N(Cc2cccc(Cl)c2)C(C)C(=O)NC(C)C)S(C)(=O)=O)c(C)c1. The van der Waals surface area contributed by atoms with E-state index in [9.17, 15) is 18.0 Å². The van der Waals surface area contributed by atoms with E-state index in [0.717, 1.165) is 27.3 Å². The number of sulfonamides is 1. The first kappa shape index (κ1) is 26.7. The molecular weight excluding hydrogens is 462 g/mol. The van der Waals surface area contributed by atoms with Gasteiger partial charge in [0.15, 0.2) is 0 Å². The van der Waals surface area contributed by atoms with Crippen molar-refractivity contribution >= 4 is 39.1 Å². The van der Waals surface area contributed by atoms with Gasteiger partial charge in [-0.3, -0.25) is 13.9 Å². The molecule has 2 aromatic carbocycles. The van der Waals surface area contributed by atoms with Crippen molar-refractivity contribution in [2.45, 2.75) is 53.2 Å². The molecule has 180 valence electrons. The maximum Gasteiger partial charge on any atom is 0.244 e. The summed E-state index contributed by atoms with van der Waals surface area (Å²) in [6.45, 7) is 8.68. The summed E-state index contributed by atoms with van der Waals surface area (Å²) in [5.41, 5.74) is 2.88. The Morgan fingerprint density at radius 2 is 1.73 bits per heavy atom. The minimum absolute atomic E-state index is 0.106. The van der Waals surface area contributed by atoms with E-state index in [1.54, 1.807) is 50.2 Å². The van der Waals surface area contributed by atoms with E-state index in [1.807, 2.05) is 26.8 Å². The molecule has 0 saturated heterocycles. The van der Waals surface area contributed by atoms with Gasteiger partial charge >= 0.3 is 0 Å². The second kappa shape index (κ2) is 11.0. The lowest BCUT2D eigenvalue weighted by Crippen LogP contribution is -2.52. The zero-order valence-electron chi connectivity index (χ0n) is 19.9. The van der Waals surface area contributed by atoms with Gasteiger partial charge in [0.05, 0.1) is 11.9 Å².